The van der Waals surface area contributed by atoms with Crippen molar-refractivity contribution in [3.63, 3.8) is 0 Å². The van der Waals surface area contributed by atoms with Crippen LogP contribution in [0.1, 0.15) is 396 Å². The fraction of sp³-hybridized carbons (Fsp3) is 0.822. The second-order valence-electron chi connectivity index (χ2n) is 31.5. The molecule has 8 N–H and O–H groups in total. The highest BCUT2D eigenvalue weighted by Crippen LogP contribution is 2.44. The van der Waals surface area contributed by atoms with Crippen LogP contribution in [0.2, 0.25) is 0 Å². The van der Waals surface area contributed by atoms with Crippen LogP contribution in [0.5, 0.6) is 0 Å². The van der Waals surface area contributed by atoms with Crippen LogP contribution < -0.4 is 21.3 Å². The molecule has 26 heteroatoms. The van der Waals surface area contributed by atoms with Gasteiger partial charge in [0.1, 0.15) is 12.2 Å². The number of benzene rings is 1. The maximum absolute atomic E-state index is 13.8. The molecule has 0 radical (unpaired) electrons. The van der Waals surface area contributed by atoms with Gasteiger partial charge in [-0.25, -0.2) is 9.13 Å². The number of ether oxygens (including phenoxy) is 4. The predicted molar refractivity (Wildman–Crippen MR) is 464 cm³/mol. The van der Waals surface area contributed by atoms with E-state index in [1.807, 2.05) is 0 Å². The van der Waals surface area contributed by atoms with Gasteiger partial charge in [-0.15, -0.1) is 0 Å². The first kappa shape index (κ1) is 110. The van der Waals surface area contributed by atoms with E-state index < -0.39 is 102 Å². The van der Waals surface area contributed by atoms with Crippen LogP contribution in [0.25, 0.3) is 0 Å². The van der Waals surface area contributed by atoms with Crippen molar-refractivity contribution in [2.24, 2.45) is 0 Å². The van der Waals surface area contributed by atoms with Gasteiger partial charge in [0.25, 0.3) is 11.8 Å². The van der Waals surface area contributed by atoms with E-state index in [1.54, 1.807) is 0 Å². The van der Waals surface area contributed by atoms with E-state index >= 15 is 0 Å². The summed E-state index contributed by atoms with van der Waals surface area (Å²) in [4.78, 5) is 102. The molecule has 0 aliphatic rings. The molecule has 0 heterocycles. The van der Waals surface area contributed by atoms with Crippen LogP contribution in [0.15, 0.2) is 48.6 Å². The quantitative estimate of drug-likeness (QED) is 0.0130. The Balaban J connectivity index is 3.01. The normalized spacial score (nSPS) is 14.4. The molecule has 674 valence electrons. The summed E-state index contributed by atoms with van der Waals surface area (Å²) >= 11 is 0. The highest BCUT2D eigenvalue weighted by atomic mass is 31.2. The second-order valence-corrected chi connectivity index (χ2v) is 34.5. The van der Waals surface area contributed by atoms with Crippen LogP contribution in [0.3, 0.4) is 0 Å². The van der Waals surface area contributed by atoms with Crippen LogP contribution in [-0.4, -0.2) is 158 Å². The Morgan fingerprint density at radius 2 is 0.638 bits per heavy atom. The van der Waals surface area contributed by atoms with Gasteiger partial charge in [-0.1, -0.05) is 271 Å². The number of esters is 2. The minimum Gasteiger partial charge on any atom is -0.462 e. The van der Waals surface area contributed by atoms with Gasteiger partial charge in [0.15, 0.2) is 0 Å². The molecule has 0 fully saturated rings. The average molecular weight is 1680 g/mol. The van der Waals surface area contributed by atoms with E-state index in [2.05, 4.69) is 87.1 Å². The molecule has 0 aromatic heterocycles. The second kappa shape index (κ2) is 76.7. The zero-order chi connectivity index (χ0) is 85.1. The summed E-state index contributed by atoms with van der Waals surface area (Å²) in [5.74, 6) is -2.85. The number of phosphoric acid groups is 2. The Kier molecular flexibility index (Phi) is 72.5. The molecule has 1 aromatic rings. The lowest BCUT2D eigenvalue weighted by Gasteiger charge is -2.23. The van der Waals surface area contributed by atoms with Crippen molar-refractivity contribution in [1.29, 1.82) is 0 Å². The van der Waals surface area contributed by atoms with Crippen molar-refractivity contribution >= 4 is 51.2 Å². The maximum atomic E-state index is 13.8. The molecule has 116 heavy (non-hydrogen) atoms. The molecule has 0 saturated heterocycles. The lowest BCUT2D eigenvalue weighted by Crippen LogP contribution is -2.43. The summed E-state index contributed by atoms with van der Waals surface area (Å²) in [6, 6.07) is 3.68. The SMILES string of the molecule is CCCCCC/C=C/CCCC(=O)O[C@H](CCCCCCCCCCC)CC(=O)NC(COCC[C@H](O)CCCCCCC)COP(=O)(O)OCCNC(=O)c1ccc(C(=O)NCCOP(=O)(O)OCC(COCC[C@H](O)CCCCCCC)NC(=O)C[C@@H](CCCCCCCCCCC)OC(=O)CCC/C=C/CCCCCC)cc1. The lowest BCUT2D eigenvalue weighted by molar-refractivity contribution is -0.152. The Morgan fingerprint density at radius 3 is 0.957 bits per heavy atom. The third-order valence-electron chi connectivity index (χ3n) is 20.4. The Labute approximate surface area is 701 Å². The number of rotatable bonds is 84. The molecule has 0 aliphatic carbocycles. The predicted octanol–water partition coefficient (Wildman–Crippen LogP) is 20.5. The molecule has 4 amide bonds. The Hall–Kier alpha value is -4.42. The molecule has 24 nitrogen and oxygen atoms in total. The molecule has 8 atom stereocenters. The number of hydrogen-bond acceptors (Lipinski definition) is 18. The number of nitrogens with one attached hydrogen (secondary N) is 4. The van der Waals surface area contributed by atoms with Gasteiger partial charge in [-0.3, -0.25) is 46.9 Å². The van der Waals surface area contributed by atoms with Crippen molar-refractivity contribution in [3.8, 4) is 0 Å². The van der Waals surface area contributed by atoms with E-state index in [1.165, 1.54) is 127 Å². The van der Waals surface area contributed by atoms with Gasteiger partial charge in [0, 0.05) is 50.3 Å². The standard InChI is InChI=1S/C90H164N4O20P2/c1-7-13-19-25-29-33-37-43-49-55-83(113-87(99)57-51-45-39-35-31-27-21-15-9-3)71-85(97)93-79(73-107-67-63-81(95)53-47-41-23-17-11-5)75-111-115(103,104)109-69-65-91-89(101)77-59-61-78(62-60-77)90(102)92-66-70-110-116(105,106)112-76-80(74-108-68-64-82(96)54-48-42-24-18-12-6)94-86(98)72-84(56-50-44-38-34-30-26-20-14-8-2)114-88(100)58-52-46-40-36-32-28-22-16-10-4/h35-36,39-40,59-62,79-84,95-96H,7-34,37-38,41-58,63-76H2,1-6H3,(H,91,101)(H,92,102)(H,93,97)(H,94,98)(H,103,104)(H,105,106)/b39-35+,40-36+/t79?,80?,81-,82-,83-,84-/m1/s1. The summed E-state index contributed by atoms with van der Waals surface area (Å²) in [5.41, 5.74) is 0.290. The third-order valence-corrected chi connectivity index (χ3v) is 22.3. The number of aliphatic hydroxyl groups is 2. The topological polar surface area (TPSA) is 339 Å². The summed E-state index contributed by atoms with van der Waals surface area (Å²) < 4.78 is 71.5. The van der Waals surface area contributed by atoms with Gasteiger partial charge >= 0.3 is 27.6 Å². The summed E-state index contributed by atoms with van der Waals surface area (Å²) in [6.07, 6.45) is 53.9. The molecule has 1 rings (SSSR count). The van der Waals surface area contributed by atoms with E-state index in [4.69, 9.17) is 37.0 Å². The number of aliphatic hydroxyl groups excluding tert-OH is 2. The van der Waals surface area contributed by atoms with Gasteiger partial charge in [-0.05, 0) is 127 Å². The van der Waals surface area contributed by atoms with Crippen molar-refractivity contribution in [2.75, 3.05) is 65.9 Å². The zero-order valence-electron chi connectivity index (χ0n) is 73.1. The van der Waals surface area contributed by atoms with Gasteiger partial charge in [0.05, 0.1) is 76.8 Å². The van der Waals surface area contributed by atoms with Crippen molar-refractivity contribution in [3.05, 3.63) is 59.7 Å². The van der Waals surface area contributed by atoms with Gasteiger partial charge in [0.2, 0.25) is 11.8 Å². The first-order chi connectivity index (χ1) is 56.2. The minimum atomic E-state index is -4.79. The van der Waals surface area contributed by atoms with Crippen LogP contribution in [0, 0.1) is 0 Å². The van der Waals surface area contributed by atoms with E-state index in [0.29, 0.717) is 51.4 Å². The molecular formula is C90H164N4O20P2. The first-order valence-electron chi connectivity index (χ1n) is 45.9. The molecule has 0 saturated carbocycles. The average Bonchev–Trinajstić information content (AvgIpc) is 0.867. The Bertz CT molecular complexity index is 2550. The van der Waals surface area contributed by atoms with Crippen LogP contribution >= 0.6 is 15.6 Å². The third kappa shape index (κ3) is 68.3. The fourth-order valence-electron chi connectivity index (χ4n) is 13.3. The summed E-state index contributed by atoms with van der Waals surface area (Å²) in [7, 11) is -9.57. The van der Waals surface area contributed by atoms with E-state index in [9.17, 15) is 57.9 Å². The summed E-state index contributed by atoms with van der Waals surface area (Å²) in [5, 5.41) is 32.2. The number of allylic oxidation sites excluding steroid dienone is 4. The van der Waals surface area contributed by atoms with E-state index in [-0.39, 0.29) is 88.3 Å². The van der Waals surface area contributed by atoms with Crippen LogP contribution in [-0.2, 0) is 65.4 Å². The largest absolute Gasteiger partial charge is 0.472 e. The number of carbonyl (C=O) groups excluding carboxylic acids is 6. The number of phosphoric ester groups is 2. The highest BCUT2D eigenvalue weighted by Gasteiger charge is 2.29. The maximum Gasteiger partial charge on any atom is 0.472 e. The number of carbonyl (C=O) groups is 6. The zero-order valence-corrected chi connectivity index (χ0v) is 74.9. The number of hydrogen-bond donors (Lipinski definition) is 8. The van der Waals surface area contributed by atoms with Crippen molar-refractivity contribution < 1.29 is 94.9 Å². The molecule has 1 aromatic carbocycles. The molecule has 0 spiro atoms. The molecule has 0 aliphatic heterocycles. The van der Waals surface area contributed by atoms with Gasteiger partial charge in [-0.2, -0.15) is 0 Å². The first-order valence-corrected chi connectivity index (χ1v) is 48.9. The highest BCUT2D eigenvalue weighted by molar-refractivity contribution is 7.47. The fourth-order valence-corrected chi connectivity index (χ4v) is 14.8. The summed E-state index contributed by atoms with van der Waals surface area (Å²) in [6.45, 7) is 10.8. The number of unbranched alkanes of at least 4 members (excludes halogenated alkanes) is 34. The van der Waals surface area contributed by atoms with Gasteiger partial charge < -0.3 is 60.2 Å². The lowest BCUT2D eigenvalue weighted by atomic mass is 10.0. The molecule has 0 bridgehead atoms. The molecular weight excluding hydrogens is 1520 g/mol. The van der Waals surface area contributed by atoms with Crippen molar-refractivity contribution in [1.82, 2.24) is 21.3 Å². The number of amides is 4. The molecule has 4 unspecified atom stereocenters. The Morgan fingerprint density at radius 1 is 0.353 bits per heavy atom. The van der Waals surface area contributed by atoms with Crippen molar-refractivity contribution in [2.45, 2.75) is 412 Å². The van der Waals surface area contributed by atoms with Crippen LogP contribution in [0.4, 0.5) is 0 Å². The monoisotopic (exact) mass is 1680 g/mol. The minimum absolute atomic E-state index is 0.129. The van der Waals surface area contributed by atoms with E-state index in [0.717, 1.165) is 154 Å². The smallest absolute Gasteiger partial charge is 0.462 e.